The molecular weight excluding hydrogens is 178 g/mol. The van der Waals surface area contributed by atoms with E-state index in [2.05, 4.69) is 9.97 Å². The molecule has 1 aromatic rings. The zero-order valence-electron chi connectivity index (χ0n) is 8.18. The van der Waals surface area contributed by atoms with Crippen molar-refractivity contribution in [2.45, 2.75) is 25.3 Å². The van der Waals surface area contributed by atoms with Crippen LogP contribution >= 0.6 is 0 Å². The second kappa shape index (κ2) is 3.74. The van der Waals surface area contributed by atoms with Crippen molar-refractivity contribution in [2.75, 3.05) is 7.05 Å². The monoisotopic (exact) mass is 191 g/mol. The second-order valence-corrected chi connectivity index (χ2v) is 3.63. The Kier molecular flexibility index (Phi) is 2.43. The predicted octanol–water partition coefficient (Wildman–Crippen LogP) is 1.10. The molecule has 0 radical (unpaired) electrons. The number of carbonyl (C=O) groups excluding carboxylic acids is 1. The third-order valence-electron chi connectivity index (χ3n) is 2.75. The van der Waals surface area contributed by atoms with Crippen LogP contribution in [0, 0.1) is 0 Å². The van der Waals surface area contributed by atoms with Gasteiger partial charge in [0.2, 0.25) is 0 Å². The smallest absolute Gasteiger partial charge is 0.256 e. The van der Waals surface area contributed by atoms with Crippen LogP contribution in [0.3, 0.4) is 0 Å². The molecule has 1 saturated carbocycles. The topological polar surface area (TPSA) is 46.1 Å². The molecule has 0 bridgehead atoms. The average molecular weight is 191 g/mol. The minimum atomic E-state index is 0.0234. The van der Waals surface area contributed by atoms with Crippen molar-refractivity contribution in [1.29, 1.82) is 0 Å². The summed E-state index contributed by atoms with van der Waals surface area (Å²) in [6.07, 6.45) is 8.02. The van der Waals surface area contributed by atoms with Crippen LogP contribution in [0.2, 0.25) is 0 Å². The van der Waals surface area contributed by atoms with E-state index in [0.717, 1.165) is 12.8 Å². The van der Waals surface area contributed by atoms with Crippen LogP contribution in [0.5, 0.6) is 0 Å². The Morgan fingerprint density at radius 1 is 1.43 bits per heavy atom. The van der Waals surface area contributed by atoms with Gasteiger partial charge in [-0.15, -0.1) is 0 Å². The molecule has 1 aromatic heterocycles. The molecule has 0 unspecified atom stereocenters. The van der Waals surface area contributed by atoms with E-state index in [4.69, 9.17) is 0 Å². The lowest BCUT2D eigenvalue weighted by Gasteiger charge is -2.34. The summed E-state index contributed by atoms with van der Waals surface area (Å²) in [4.78, 5) is 21.3. The van der Waals surface area contributed by atoms with Gasteiger partial charge in [-0.3, -0.25) is 4.79 Å². The number of carbonyl (C=O) groups is 1. The van der Waals surface area contributed by atoms with Crippen molar-refractivity contribution in [3.8, 4) is 0 Å². The fourth-order valence-electron chi connectivity index (χ4n) is 1.55. The Hall–Kier alpha value is -1.45. The van der Waals surface area contributed by atoms with Gasteiger partial charge in [0.1, 0.15) is 6.33 Å². The van der Waals surface area contributed by atoms with Crippen molar-refractivity contribution in [3.05, 3.63) is 24.3 Å². The van der Waals surface area contributed by atoms with E-state index in [9.17, 15) is 4.79 Å². The maximum absolute atomic E-state index is 11.8. The van der Waals surface area contributed by atoms with Crippen molar-refractivity contribution < 1.29 is 4.79 Å². The maximum Gasteiger partial charge on any atom is 0.256 e. The summed E-state index contributed by atoms with van der Waals surface area (Å²) in [5, 5.41) is 0. The highest BCUT2D eigenvalue weighted by Gasteiger charge is 2.26. The highest BCUT2D eigenvalue weighted by atomic mass is 16.2. The predicted molar refractivity (Wildman–Crippen MR) is 51.8 cm³/mol. The number of nitrogens with zero attached hydrogens (tertiary/aromatic N) is 3. The lowest BCUT2D eigenvalue weighted by atomic mass is 9.91. The van der Waals surface area contributed by atoms with Crippen LogP contribution in [0.4, 0.5) is 0 Å². The molecule has 4 heteroatoms. The fraction of sp³-hybridized carbons (Fsp3) is 0.500. The minimum Gasteiger partial charge on any atom is -0.339 e. The Bertz CT molecular complexity index is 321. The molecule has 1 aliphatic carbocycles. The Balaban J connectivity index is 2.07. The van der Waals surface area contributed by atoms with Gasteiger partial charge in [-0.1, -0.05) is 0 Å². The van der Waals surface area contributed by atoms with E-state index < -0.39 is 0 Å². The highest BCUT2D eigenvalue weighted by Crippen LogP contribution is 2.24. The van der Waals surface area contributed by atoms with E-state index in [-0.39, 0.29) is 5.91 Å². The molecule has 0 aliphatic heterocycles. The summed E-state index contributed by atoms with van der Waals surface area (Å²) < 4.78 is 0. The van der Waals surface area contributed by atoms with Crippen LogP contribution < -0.4 is 0 Å². The van der Waals surface area contributed by atoms with E-state index in [1.165, 1.54) is 12.7 Å². The molecular formula is C10H13N3O. The number of amides is 1. The van der Waals surface area contributed by atoms with Gasteiger partial charge in [-0.2, -0.15) is 0 Å². The molecule has 1 aliphatic rings. The summed E-state index contributed by atoms with van der Waals surface area (Å²) in [5.41, 5.74) is 0.571. The molecule has 0 atom stereocenters. The van der Waals surface area contributed by atoms with Gasteiger partial charge < -0.3 is 4.90 Å². The summed E-state index contributed by atoms with van der Waals surface area (Å²) in [7, 11) is 1.85. The molecule has 0 spiro atoms. The quantitative estimate of drug-likeness (QED) is 0.703. The number of aromatic nitrogens is 2. The fourth-order valence-corrected chi connectivity index (χ4v) is 1.55. The summed E-state index contributed by atoms with van der Waals surface area (Å²) in [6.45, 7) is 0. The van der Waals surface area contributed by atoms with Crippen LogP contribution in [0.1, 0.15) is 29.6 Å². The molecule has 0 saturated heterocycles. The van der Waals surface area contributed by atoms with Crippen molar-refractivity contribution >= 4 is 5.91 Å². The second-order valence-electron chi connectivity index (χ2n) is 3.63. The Morgan fingerprint density at radius 3 is 2.57 bits per heavy atom. The first-order valence-corrected chi connectivity index (χ1v) is 4.81. The molecule has 1 heterocycles. The Morgan fingerprint density at radius 2 is 2.07 bits per heavy atom. The lowest BCUT2D eigenvalue weighted by Crippen LogP contribution is -2.41. The van der Waals surface area contributed by atoms with Gasteiger partial charge in [0.15, 0.2) is 0 Å². The van der Waals surface area contributed by atoms with Gasteiger partial charge >= 0.3 is 0 Å². The van der Waals surface area contributed by atoms with Crippen LogP contribution in [-0.4, -0.2) is 33.9 Å². The van der Waals surface area contributed by atoms with Gasteiger partial charge in [0.25, 0.3) is 5.91 Å². The first-order chi connectivity index (χ1) is 6.79. The Labute approximate surface area is 83.0 Å². The van der Waals surface area contributed by atoms with Crippen LogP contribution in [0.15, 0.2) is 18.7 Å². The van der Waals surface area contributed by atoms with Gasteiger partial charge in [0.05, 0.1) is 5.56 Å². The SMILES string of the molecule is CN(C(=O)c1cncnc1)C1CCC1. The van der Waals surface area contributed by atoms with Gasteiger partial charge in [-0.25, -0.2) is 9.97 Å². The molecule has 2 rings (SSSR count). The summed E-state index contributed by atoms with van der Waals surface area (Å²) >= 11 is 0. The average Bonchev–Trinajstić information content (AvgIpc) is 2.15. The molecule has 4 nitrogen and oxygen atoms in total. The zero-order valence-corrected chi connectivity index (χ0v) is 8.18. The third kappa shape index (κ3) is 1.60. The van der Waals surface area contributed by atoms with E-state index in [0.29, 0.717) is 11.6 Å². The minimum absolute atomic E-state index is 0.0234. The third-order valence-corrected chi connectivity index (χ3v) is 2.75. The molecule has 74 valence electrons. The van der Waals surface area contributed by atoms with Crippen molar-refractivity contribution in [2.24, 2.45) is 0 Å². The molecule has 1 fully saturated rings. The highest BCUT2D eigenvalue weighted by molar-refractivity contribution is 5.93. The van der Waals surface area contributed by atoms with Gasteiger partial charge in [0, 0.05) is 25.5 Å². The molecule has 14 heavy (non-hydrogen) atoms. The van der Waals surface area contributed by atoms with Crippen LogP contribution in [0.25, 0.3) is 0 Å². The van der Waals surface area contributed by atoms with E-state index >= 15 is 0 Å². The van der Waals surface area contributed by atoms with Crippen molar-refractivity contribution in [3.63, 3.8) is 0 Å². The van der Waals surface area contributed by atoms with E-state index in [1.54, 1.807) is 17.3 Å². The lowest BCUT2D eigenvalue weighted by molar-refractivity contribution is 0.0651. The number of hydrogen-bond acceptors (Lipinski definition) is 3. The molecule has 1 amide bonds. The number of hydrogen-bond donors (Lipinski definition) is 0. The molecule has 0 aromatic carbocycles. The standard InChI is InChI=1S/C10H13N3O/c1-13(9-3-2-4-9)10(14)8-5-11-7-12-6-8/h5-7,9H,2-4H2,1H3. The van der Waals surface area contributed by atoms with Crippen molar-refractivity contribution in [1.82, 2.24) is 14.9 Å². The zero-order chi connectivity index (χ0) is 9.97. The summed E-state index contributed by atoms with van der Waals surface area (Å²) in [5.74, 6) is 0.0234. The first-order valence-electron chi connectivity index (χ1n) is 4.81. The normalized spacial score (nSPS) is 16.1. The first kappa shape index (κ1) is 9.12. The molecule has 0 N–H and O–H groups in total. The van der Waals surface area contributed by atoms with E-state index in [1.807, 2.05) is 7.05 Å². The van der Waals surface area contributed by atoms with Gasteiger partial charge in [-0.05, 0) is 19.3 Å². The largest absolute Gasteiger partial charge is 0.339 e. The van der Waals surface area contributed by atoms with Crippen LogP contribution in [-0.2, 0) is 0 Å². The number of rotatable bonds is 2. The summed E-state index contributed by atoms with van der Waals surface area (Å²) in [6, 6.07) is 0.419. The maximum atomic E-state index is 11.8.